The van der Waals surface area contributed by atoms with Crippen LogP contribution in [-0.4, -0.2) is 29.2 Å². The summed E-state index contributed by atoms with van der Waals surface area (Å²) >= 11 is 1.25. The molecule has 4 aromatic rings. The van der Waals surface area contributed by atoms with Gasteiger partial charge in [-0.25, -0.2) is 0 Å². The van der Waals surface area contributed by atoms with E-state index in [0.717, 1.165) is 22.3 Å². The van der Waals surface area contributed by atoms with Crippen molar-refractivity contribution in [1.29, 1.82) is 0 Å². The van der Waals surface area contributed by atoms with Gasteiger partial charge in [-0.15, -0.1) is 0 Å². The quantitative estimate of drug-likeness (QED) is 0.151. The summed E-state index contributed by atoms with van der Waals surface area (Å²) in [5, 5.41) is -0.276. The van der Waals surface area contributed by atoms with Crippen molar-refractivity contribution in [1.82, 2.24) is 0 Å². The first kappa shape index (κ1) is 29.5. The lowest BCUT2D eigenvalue weighted by Crippen LogP contribution is -2.41. The number of hydrogen-bond acceptors (Lipinski definition) is 5. The smallest absolute Gasteiger partial charge is 0.186 e. The van der Waals surface area contributed by atoms with Gasteiger partial charge in [-0.3, -0.25) is 4.79 Å². The van der Waals surface area contributed by atoms with E-state index in [-0.39, 0.29) is 10.4 Å². The van der Waals surface area contributed by atoms with Crippen molar-refractivity contribution in [2.24, 2.45) is 0 Å². The minimum atomic E-state index is -0.450. The molecule has 0 aliphatic rings. The molecule has 0 radical (unpaired) electrons. The maximum Gasteiger partial charge on any atom is 0.186 e. The minimum Gasteiger partial charge on any atom is -0.376 e. The molecule has 0 heterocycles. The Kier molecular flexibility index (Phi) is 12.2. The number of thioether (sulfide) groups is 1. The molecule has 3 atom stereocenters. The third-order valence-electron chi connectivity index (χ3n) is 6.25. The summed E-state index contributed by atoms with van der Waals surface area (Å²) in [6.07, 6.45) is 3.21. The van der Waals surface area contributed by atoms with Gasteiger partial charge in [-0.2, -0.15) is 0 Å². The van der Waals surface area contributed by atoms with Crippen LogP contribution in [0.4, 0.5) is 0 Å². The van der Waals surface area contributed by atoms with Crippen molar-refractivity contribution < 1.29 is 19.0 Å². The summed E-state index contributed by atoms with van der Waals surface area (Å²) in [4.78, 5) is 12.4. The van der Waals surface area contributed by atoms with Crippen LogP contribution in [0, 0.1) is 0 Å². The minimum absolute atomic E-state index is 0.00969. The Bertz CT molecular complexity index is 1280. The van der Waals surface area contributed by atoms with E-state index in [9.17, 15) is 4.79 Å². The van der Waals surface area contributed by atoms with Gasteiger partial charge < -0.3 is 14.2 Å². The zero-order valence-electron chi connectivity index (χ0n) is 22.8. The normalized spacial score (nSPS) is 13.6. The van der Waals surface area contributed by atoms with Crippen LogP contribution in [0.1, 0.15) is 29.2 Å². The Morgan fingerprint density at radius 1 is 0.675 bits per heavy atom. The molecule has 0 spiro atoms. The van der Waals surface area contributed by atoms with E-state index in [1.54, 1.807) is 6.92 Å². The number of rotatable bonds is 15. The molecule has 4 rings (SSSR count). The molecular weight excluding hydrogens is 516 g/mol. The summed E-state index contributed by atoms with van der Waals surface area (Å²) in [5.41, 5.74) is 4.27. The first-order chi connectivity index (χ1) is 19.7. The molecule has 0 amide bonds. The average molecular weight is 553 g/mol. The van der Waals surface area contributed by atoms with Gasteiger partial charge in [0.1, 0.15) is 12.2 Å². The van der Waals surface area contributed by atoms with Gasteiger partial charge >= 0.3 is 0 Å². The third kappa shape index (κ3) is 10.2. The summed E-state index contributed by atoms with van der Waals surface area (Å²) in [6.45, 7) is 3.18. The molecule has 4 nitrogen and oxygen atoms in total. The van der Waals surface area contributed by atoms with E-state index in [4.69, 9.17) is 14.2 Å². The van der Waals surface area contributed by atoms with Crippen molar-refractivity contribution in [3.8, 4) is 0 Å². The lowest BCUT2D eigenvalue weighted by atomic mass is 10.1. The molecule has 0 N–H and O–H groups in total. The Morgan fingerprint density at radius 3 is 1.68 bits per heavy atom. The van der Waals surface area contributed by atoms with Gasteiger partial charge in [0.2, 0.25) is 0 Å². The van der Waals surface area contributed by atoms with Crippen molar-refractivity contribution in [2.75, 3.05) is 6.61 Å². The first-order valence-corrected chi connectivity index (χ1v) is 14.4. The SMILES string of the molecule is CC(=O)S[C@@H](COCc1ccccc1)[C@@H](OCc1ccccc1)[C@@H](/C=C/c1ccccc1)OCc1ccccc1. The average Bonchev–Trinajstić information content (AvgIpc) is 3.00. The maximum absolute atomic E-state index is 12.4. The number of carbonyl (C=O) groups excluding carboxylic acids is 1. The number of ether oxygens (including phenoxy) is 3. The predicted octanol–water partition coefficient (Wildman–Crippen LogP) is 7.74. The molecule has 0 unspecified atom stereocenters. The fourth-order valence-electron chi connectivity index (χ4n) is 4.25. The standard InChI is InChI=1S/C35H36O4S/c1-28(36)40-34(27-37-24-30-16-8-3-9-17-30)35(39-26-32-20-12-5-13-21-32)33(23-22-29-14-6-2-7-15-29)38-25-31-18-10-4-11-19-31/h2-23,33-35H,24-27H2,1H3/b23-22+/t33-,34+,35+/m1/s1. The number of carbonyl (C=O) groups is 1. The van der Waals surface area contributed by atoms with E-state index in [1.165, 1.54) is 11.8 Å². The fourth-order valence-corrected chi connectivity index (χ4v) is 5.21. The van der Waals surface area contributed by atoms with Crippen molar-refractivity contribution in [3.63, 3.8) is 0 Å². The molecule has 206 valence electrons. The van der Waals surface area contributed by atoms with Crippen LogP contribution in [0.15, 0.2) is 127 Å². The second-order valence-electron chi connectivity index (χ2n) is 9.44. The Hall–Kier alpha value is -3.48. The van der Waals surface area contributed by atoms with E-state index < -0.39 is 12.2 Å². The zero-order valence-corrected chi connectivity index (χ0v) is 23.6. The third-order valence-corrected chi connectivity index (χ3v) is 7.29. The highest BCUT2D eigenvalue weighted by Gasteiger charge is 2.32. The molecule has 0 saturated carbocycles. The Balaban J connectivity index is 1.60. The lowest BCUT2D eigenvalue weighted by molar-refractivity contribution is -0.109. The van der Waals surface area contributed by atoms with Crippen LogP contribution in [-0.2, 0) is 38.8 Å². The highest BCUT2D eigenvalue weighted by Crippen LogP contribution is 2.26. The van der Waals surface area contributed by atoms with Gasteiger partial charge in [-0.05, 0) is 22.3 Å². The Labute approximate surface area is 242 Å². The van der Waals surface area contributed by atoms with Crippen molar-refractivity contribution in [3.05, 3.63) is 150 Å². The fraction of sp³-hybridized carbons (Fsp3) is 0.229. The molecule has 5 heteroatoms. The predicted molar refractivity (Wildman–Crippen MR) is 164 cm³/mol. The van der Waals surface area contributed by atoms with E-state index in [1.807, 2.05) is 115 Å². The molecule has 0 saturated heterocycles. The molecule has 0 bridgehead atoms. The molecular formula is C35H36O4S. The number of hydrogen-bond donors (Lipinski definition) is 0. The van der Waals surface area contributed by atoms with Crippen molar-refractivity contribution in [2.45, 2.75) is 44.2 Å². The summed E-state index contributed by atoms with van der Waals surface area (Å²) in [6, 6.07) is 40.3. The van der Waals surface area contributed by atoms with Gasteiger partial charge in [-0.1, -0.05) is 145 Å². The largest absolute Gasteiger partial charge is 0.376 e. The van der Waals surface area contributed by atoms with Crippen LogP contribution >= 0.6 is 11.8 Å². The molecule has 0 aromatic heterocycles. The highest BCUT2D eigenvalue weighted by molar-refractivity contribution is 8.14. The summed E-state index contributed by atoms with van der Waals surface area (Å²) < 4.78 is 19.3. The molecule has 40 heavy (non-hydrogen) atoms. The van der Waals surface area contributed by atoms with Gasteiger partial charge in [0.15, 0.2) is 5.12 Å². The highest BCUT2D eigenvalue weighted by atomic mass is 32.2. The summed E-state index contributed by atoms with van der Waals surface area (Å²) in [7, 11) is 0. The lowest BCUT2D eigenvalue weighted by Gasteiger charge is -2.31. The van der Waals surface area contributed by atoms with Crippen LogP contribution in [0.5, 0.6) is 0 Å². The Morgan fingerprint density at radius 2 is 1.15 bits per heavy atom. The summed E-state index contributed by atoms with van der Waals surface area (Å²) in [5.74, 6) is 0. The van der Waals surface area contributed by atoms with Crippen LogP contribution < -0.4 is 0 Å². The van der Waals surface area contributed by atoms with E-state index >= 15 is 0 Å². The monoisotopic (exact) mass is 552 g/mol. The van der Waals surface area contributed by atoms with E-state index in [0.29, 0.717) is 26.4 Å². The maximum atomic E-state index is 12.4. The molecule has 0 fully saturated rings. The van der Waals surface area contributed by atoms with E-state index in [2.05, 4.69) is 18.2 Å². The van der Waals surface area contributed by atoms with Gasteiger partial charge in [0.05, 0.1) is 31.7 Å². The van der Waals surface area contributed by atoms with Crippen molar-refractivity contribution >= 4 is 23.0 Å². The molecule has 4 aromatic carbocycles. The molecule has 0 aliphatic heterocycles. The van der Waals surface area contributed by atoms with Crippen LogP contribution in [0.3, 0.4) is 0 Å². The second-order valence-corrected chi connectivity index (χ2v) is 10.9. The first-order valence-electron chi connectivity index (χ1n) is 13.5. The zero-order chi connectivity index (χ0) is 27.8. The van der Waals surface area contributed by atoms with Gasteiger partial charge in [0, 0.05) is 6.92 Å². The molecule has 0 aliphatic carbocycles. The van der Waals surface area contributed by atoms with Crippen LogP contribution in [0.25, 0.3) is 6.08 Å². The van der Waals surface area contributed by atoms with Crippen LogP contribution in [0.2, 0.25) is 0 Å². The second kappa shape index (κ2) is 16.6. The van der Waals surface area contributed by atoms with Gasteiger partial charge in [0.25, 0.3) is 0 Å². The number of benzene rings is 4. The topological polar surface area (TPSA) is 44.8 Å².